The second-order valence-electron chi connectivity index (χ2n) is 6.97. The number of benzene rings is 1. The van der Waals surface area contributed by atoms with Gasteiger partial charge in [0.25, 0.3) is 5.91 Å². The molecular formula is C19H20ClN5O2S. The Morgan fingerprint density at radius 1 is 1.43 bits per heavy atom. The SMILES string of the molecule is CN1CCc2nc(C(=O)NCC(N)C(=O)c3cc4cc(Cl)ccc4[nH]3)sc2C1. The van der Waals surface area contributed by atoms with Gasteiger partial charge in [-0.1, -0.05) is 11.6 Å². The summed E-state index contributed by atoms with van der Waals surface area (Å²) < 4.78 is 0. The summed E-state index contributed by atoms with van der Waals surface area (Å²) >= 11 is 7.38. The number of amides is 1. The van der Waals surface area contributed by atoms with Crippen molar-refractivity contribution in [1.29, 1.82) is 0 Å². The molecule has 1 aromatic carbocycles. The lowest BCUT2D eigenvalue weighted by molar-refractivity contribution is 0.0925. The molecule has 7 nitrogen and oxygen atoms in total. The molecule has 1 aliphatic heterocycles. The molecule has 9 heteroatoms. The van der Waals surface area contributed by atoms with E-state index in [0.29, 0.717) is 15.7 Å². The van der Waals surface area contributed by atoms with E-state index >= 15 is 0 Å². The van der Waals surface area contributed by atoms with Gasteiger partial charge in [0.2, 0.25) is 0 Å². The second-order valence-corrected chi connectivity index (χ2v) is 8.49. The maximum Gasteiger partial charge on any atom is 0.280 e. The number of hydrogen-bond donors (Lipinski definition) is 3. The monoisotopic (exact) mass is 417 g/mol. The van der Waals surface area contributed by atoms with Crippen molar-refractivity contribution in [2.45, 2.75) is 19.0 Å². The largest absolute Gasteiger partial charge is 0.352 e. The van der Waals surface area contributed by atoms with E-state index in [4.69, 9.17) is 17.3 Å². The number of nitrogens with zero attached hydrogens (tertiary/aromatic N) is 2. The molecule has 0 spiro atoms. The molecule has 146 valence electrons. The normalized spacial score (nSPS) is 15.4. The first-order chi connectivity index (χ1) is 13.4. The van der Waals surface area contributed by atoms with Crippen molar-refractivity contribution in [3.05, 3.63) is 50.6 Å². The van der Waals surface area contributed by atoms with Crippen LogP contribution in [0.4, 0.5) is 0 Å². The standard InChI is InChI=1S/C19H20ClN5O2S/c1-25-5-4-14-16(9-25)28-19(24-14)18(27)22-8-12(21)17(26)15-7-10-6-11(20)2-3-13(10)23-15/h2-3,6-7,12,23H,4-5,8-9,21H2,1H3,(H,22,27). The number of aromatic amines is 1. The summed E-state index contributed by atoms with van der Waals surface area (Å²) in [4.78, 5) is 35.8. The third kappa shape index (κ3) is 3.81. The molecule has 1 atom stereocenters. The number of fused-ring (bicyclic) bond motifs is 2. The van der Waals surface area contributed by atoms with Gasteiger partial charge in [0.15, 0.2) is 10.8 Å². The number of carbonyl (C=O) groups is 2. The molecule has 1 amide bonds. The van der Waals surface area contributed by atoms with Crippen LogP contribution in [-0.4, -0.2) is 52.7 Å². The number of ketones is 1. The molecule has 0 aliphatic carbocycles. The van der Waals surface area contributed by atoms with E-state index in [1.165, 1.54) is 11.3 Å². The number of Topliss-reactive ketones (excluding diaryl/α,β-unsaturated/α-hetero) is 1. The lowest BCUT2D eigenvalue weighted by Gasteiger charge is -2.20. The number of nitrogens with one attached hydrogen (secondary N) is 2. The fourth-order valence-electron chi connectivity index (χ4n) is 3.23. The van der Waals surface area contributed by atoms with Crippen LogP contribution in [-0.2, 0) is 13.0 Å². The minimum Gasteiger partial charge on any atom is -0.352 e. The number of nitrogens with two attached hydrogens (primary N) is 1. The van der Waals surface area contributed by atoms with Gasteiger partial charge in [-0.3, -0.25) is 9.59 Å². The van der Waals surface area contributed by atoms with Gasteiger partial charge in [0.1, 0.15) is 0 Å². The third-order valence-electron chi connectivity index (χ3n) is 4.78. The Balaban J connectivity index is 1.39. The average molecular weight is 418 g/mol. The van der Waals surface area contributed by atoms with Crippen molar-refractivity contribution in [2.24, 2.45) is 5.73 Å². The van der Waals surface area contributed by atoms with Crippen LogP contribution >= 0.6 is 22.9 Å². The fourth-order valence-corrected chi connectivity index (χ4v) is 4.51. The molecule has 3 heterocycles. The van der Waals surface area contributed by atoms with E-state index < -0.39 is 6.04 Å². The van der Waals surface area contributed by atoms with Gasteiger partial charge in [-0.25, -0.2) is 4.98 Å². The number of hydrogen-bond acceptors (Lipinski definition) is 6. The number of thiazole rings is 1. The Kier molecular flexibility index (Phi) is 5.20. The summed E-state index contributed by atoms with van der Waals surface area (Å²) in [7, 11) is 2.05. The summed E-state index contributed by atoms with van der Waals surface area (Å²) in [5.41, 5.74) is 8.20. The highest BCUT2D eigenvalue weighted by molar-refractivity contribution is 7.13. The van der Waals surface area contributed by atoms with Crippen LogP contribution in [0.3, 0.4) is 0 Å². The van der Waals surface area contributed by atoms with Crippen molar-refractivity contribution in [3.63, 3.8) is 0 Å². The maximum atomic E-state index is 12.6. The van der Waals surface area contributed by atoms with Crippen molar-refractivity contribution in [2.75, 3.05) is 20.1 Å². The molecular weight excluding hydrogens is 398 g/mol. The average Bonchev–Trinajstić information content (AvgIpc) is 3.28. The van der Waals surface area contributed by atoms with Gasteiger partial charge in [-0.2, -0.15) is 0 Å². The zero-order valence-corrected chi connectivity index (χ0v) is 16.9. The van der Waals surface area contributed by atoms with Crippen LogP contribution in [0.15, 0.2) is 24.3 Å². The van der Waals surface area contributed by atoms with Gasteiger partial charge in [-0.05, 0) is 31.3 Å². The van der Waals surface area contributed by atoms with E-state index in [1.54, 1.807) is 18.2 Å². The van der Waals surface area contributed by atoms with E-state index in [0.717, 1.165) is 41.0 Å². The summed E-state index contributed by atoms with van der Waals surface area (Å²) in [6.45, 7) is 1.79. The number of H-pyrrole nitrogens is 1. The van der Waals surface area contributed by atoms with Gasteiger partial charge >= 0.3 is 0 Å². The second kappa shape index (κ2) is 7.63. The van der Waals surface area contributed by atoms with Crippen LogP contribution in [0.1, 0.15) is 30.9 Å². The number of aromatic nitrogens is 2. The molecule has 4 N–H and O–H groups in total. The Bertz CT molecular complexity index is 1060. The zero-order valence-electron chi connectivity index (χ0n) is 15.3. The molecule has 0 saturated heterocycles. The Hall–Kier alpha value is -2.26. The van der Waals surface area contributed by atoms with Gasteiger partial charge < -0.3 is 20.9 Å². The maximum absolute atomic E-state index is 12.6. The first kappa shape index (κ1) is 19.1. The Morgan fingerprint density at radius 3 is 3.07 bits per heavy atom. The van der Waals surface area contributed by atoms with E-state index in [1.807, 2.05) is 13.1 Å². The minimum atomic E-state index is -0.854. The molecule has 1 unspecified atom stereocenters. The van der Waals surface area contributed by atoms with Crippen LogP contribution < -0.4 is 11.1 Å². The van der Waals surface area contributed by atoms with Gasteiger partial charge in [-0.15, -0.1) is 11.3 Å². The molecule has 0 fully saturated rings. The Labute approximate surface area is 170 Å². The highest BCUT2D eigenvalue weighted by atomic mass is 35.5. The topological polar surface area (TPSA) is 104 Å². The van der Waals surface area contributed by atoms with E-state index in [9.17, 15) is 9.59 Å². The first-order valence-corrected chi connectivity index (χ1v) is 10.1. The molecule has 0 radical (unpaired) electrons. The molecule has 3 aromatic rings. The molecule has 28 heavy (non-hydrogen) atoms. The van der Waals surface area contributed by atoms with E-state index in [-0.39, 0.29) is 18.2 Å². The molecule has 0 bridgehead atoms. The van der Waals surface area contributed by atoms with Crippen molar-refractivity contribution < 1.29 is 9.59 Å². The number of rotatable bonds is 5. The Morgan fingerprint density at radius 2 is 2.25 bits per heavy atom. The quantitative estimate of drug-likeness (QED) is 0.552. The summed E-state index contributed by atoms with van der Waals surface area (Å²) in [5.74, 6) is -0.568. The first-order valence-electron chi connectivity index (χ1n) is 8.94. The highest BCUT2D eigenvalue weighted by Gasteiger charge is 2.23. The lowest BCUT2D eigenvalue weighted by atomic mass is 10.1. The molecule has 2 aromatic heterocycles. The minimum absolute atomic E-state index is 0.0396. The molecule has 4 rings (SSSR count). The smallest absolute Gasteiger partial charge is 0.280 e. The zero-order chi connectivity index (χ0) is 19.8. The van der Waals surface area contributed by atoms with Crippen molar-refractivity contribution in [1.82, 2.24) is 20.2 Å². The lowest BCUT2D eigenvalue weighted by Crippen LogP contribution is -2.42. The fraction of sp³-hybridized carbons (Fsp3) is 0.316. The predicted molar refractivity (Wildman–Crippen MR) is 110 cm³/mol. The van der Waals surface area contributed by atoms with Crippen LogP contribution in [0.2, 0.25) is 5.02 Å². The van der Waals surface area contributed by atoms with Gasteiger partial charge in [0, 0.05) is 46.9 Å². The third-order valence-corrected chi connectivity index (χ3v) is 6.10. The number of likely N-dealkylation sites (N-methyl/N-ethyl adjacent to an activating group) is 1. The summed E-state index contributed by atoms with van der Waals surface area (Å²) in [6.07, 6.45) is 0.845. The van der Waals surface area contributed by atoms with E-state index in [2.05, 4.69) is 20.2 Å². The molecule has 1 aliphatic rings. The van der Waals surface area contributed by atoms with Crippen LogP contribution in [0.5, 0.6) is 0 Å². The predicted octanol–water partition coefficient (Wildman–Crippen LogP) is 2.21. The van der Waals surface area contributed by atoms with Crippen molar-refractivity contribution in [3.8, 4) is 0 Å². The molecule has 0 saturated carbocycles. The van der Waals surface area contributed by atoms with Gasteiger partial charge in [0.05, 0.1) is 17.4 Å². The number of carbonyl (C=O) groups excluding carboxylic acids is 2. The summed E-state index contributed by atoms with van der Waals surface area (Å²) in [6, 6.07) is 6.20. The number of halogens is 1. The highest BCUT2D eigenvalue weighted by Crippen LogP contribution is 2.24. The van der Waals surface area contributed by atoms with Crippen LogP contribution in [0.25, 0.3) is 10.9 Å². The summed E-state index contributed by atoms with van der Waals surface area (Å²) in [5, 5.41) is 4.58. The van der Waals surface area contributed by atoms with Crippen LogP contribution in [0, 0.1) is 0 Å². The van der Waals surface area contributed by atoms with Crippen molar-refractivity contribution >= 4 is 45.5 Å².